The molecule has 2 rings (SSSR count). The zero-order valence-electron chi connectivity index (χ0n) is 12.2. The van der Waals surface area contributed by atoms with Gasteiger partial charge in [0.1, 0.15) is 5.69 Å². The fourth-order valence-electron chi connectivity index (χ4n) is 2.46. The number of hydrogen-bond acceptors (Lipinski definition) is 4. The van der Waals surface area contributed by atoms with E-state index >= 15 is 0 Å². The average Bonchev–Trinajstić information content (AvgIpc) is 2.49. The highest BCUT2D eigenvalue weighted by Gasteiger charge is 2.18. The van der Waals surface area contributed by atoms with E-state index < -0.39 is 11.9 Å². The monoisotopic (exact) mass is 291 g/mol. The van der Waals surface area contributed by atoms with Crippen LogP contribution in [0.25, 0.3) is 0 Å². The van der Waals surface area contributed by atoms with E-state index in [-0.39, 0.29) is 11.3 Å². The molecule has 1 aromatic rings. The van der Waals surface area contributed by atoms with Crippen molar-refractivity contribution in [2.75, 3.05) is 26.2 Å². The van der Waals surface area contributed by atoms with Crippen LogP contribution in [-0.4, -0.2) is 53.0 Å². The molecule has 6 heteroatoms. The first kappa shape index (κ1) is 15.4. The lowest BCUT2D eigenvalue weighted by atomic mass is 9.99. The fourth-order valence-corrected chi connectivity index (χ4v) is 2.46. The van der Waals surface area contributed by atoms with Crippen LogP contribution in [0.2, 0.25) is 0 Å². The smallest absolute Gasteiger partial charge is 0.338 e. The van der Waals surface area contributed by atoms with Crippen molar-refractivity contribution < 1.29 is 14.7 Å². The number of carbonyl (C=O) groups excluding carboxylic acids is 1. The summed E-state index contributed by atoms with van der Waals surface area (Å²) in [4.78, 5) is 29.2. The number of pyridine rings is 1. The zero-order valence-corrected chi connectivity index (χ0v) is 12.2. The molecule has 1 aliphatic heterocycles. The summed E-state index contributed by atoms with van der Waals surface area (Å²) in [7, 11) is 0. The molecule has 0 spiro atoms. The quantitative estimate of drug-likeness (QED) is 0.853. The Balaban J connectivity index is 1.84. The summed E-state index contributed by atoms with van der Waals surface area (Å²) in [6, 6.07) is 2.89. The van der Waals surface area contributed by atoms with Gasteiger partial charge in [0.15, 0.2) is 0 Å². The second kappa shape index (κ2) is 7.17. The lowest BCUT2D eigenvalue weighted by molar-refractivity contribution is 0.0690. The normalized spacial score (nSPS) is 16.6. The lowest BCUT2D eigenvalue weighted by Gasteiger charge is -2.30. The Morgan fingerprint density at radius 3 is 2.81 bits per heavy atom. The van der Waals surface area contributed by atoms with Crippen molar-refractivity contribution in [1.29, 1.82) is 0 Å². The van der Waals surface area contributed by atoms with Gasteiger partial charge in [-0.3, -0.25) is 9.78 Å². The van der Waals surface area contributed by atoms with Crippen LogP contribution in [0.1, 0.15) is 40.6 Å². The third-order valence-corrected chi connectivity index (χ3v) is 3.84. The minimum Gasteiger partial charge on any atom is -0.478 e. The number of hydrogen-bond donors (Lipinski definition) is 2. The predicted octanol–water partition coefficient (Wildman–Crippen LogP) is 1.24. The molecule has 2 N–H and O–H groups in total. The SMILES string of the molecule is CC1CCN(CCNC(=O)c2ncccc2C(=O)O)CC1. The molecule has 0 unspecified atom stereocenters. The molecule has 1 saturated heterocycles. The van der Waals surface area contributed by atoms with Crippen molar-refractivity contribution in [3.05, 3.63) is 29.6 Å². The summed E-state index contributed by atoms with van der Waals surface area (Å²) in [6.45, 7) is 5.66. The summed E-state index contributed by atoms with van der Waals surface area (Å²) in [5.74, 6) is -0.792. The van der Waals surface area contributed by atoms with Gasteiger partial charge in [0.25, 0.3) is 5.91 Å². The fraction of sp³-hybridized carbons (Fsp3) is 0.533. The number of carbonyl (C=O) groups is 2. The summed E-state index contributed by atoms with van der Waals surface area (Å²) in [5, 5.41) is 11.8. The van der Waals surface area contributed by atoms with E-state index in [0.717, 1.165) is 25.6 Å². The van der Waals surface area contributed by atoms with Crippen LogP contribution >= 0.6 is 0 Å². The van der Waals surface area contributed by atoms with Crippen LogP contribution in [0, 0.1) is 5.92 Å². The minimum absolute atomic E-state index is 0.0303. The van der Waals surface area contributed by atoms with Gasteiger partial charge in [-0.05, 0) is 44.0 Å². The van der Waals surface area contributed by atoms with Gasteiger partial charge in [-0.25, -0.2) is 4.79 Å². The van der Waals surface area contributed by atoms with Crippen LogP contribution in [0.5, 0.6) is 0 Å². The molecule has 21 heavy (non-hydrogen) atoms. The summed E-state index contributed by atoms with van der Waals surface area (Å²) in [6.07, 6.45) is 3.81. The molecule has 1 fully saturated rings. The second-order valence-electron chi connectivity index (χ2n) is 5.48. The molecule has 0 radical (unpaired) electrons. The number of carboxylic acid groups (broad SMARTS) is 1. The molecular weight excluding hydrogens is 270 g/mol. The van der Waals surface area contributed by atoms with Gasteiger partial charge < -0.3 is 15.3 Å². The third kappa shape index (κ3) is 4.26. The summed E-state index contributed by atoms with van der Waals surface area (Å²) >= 11 is 0. The number of amides is 1. The topological polar surface area (TPSA) is 82.5 Å². The molecule has 0 saturated carbocycles. The van der Waals surface area contributed by atoms with Crippen molar-refractivity contribution in [2.24, 2.45) is 5.92 Å². The highest BCUT2D eigenvalue weighted by Crippen LogP contribution is 2.15. The molecule has 0 bridgehead atoms. The van der Waals surface area contributed by atoms with Crippen LogP contribution in [0.4, 0.5) is 0 Å². The van der Waals surface area contributed by atoms with Crippen LogP contribution < -0.4 is 5.32 Å². The van der Waals surface area contributed by atoms with E-state index in [4.69, 9.17) is 5.11 Å². The van der Waals surface area contributed by atoms with Crippen LogP contribution in [0.3, 0.4) is 0 Å². The number of aromatic carboxylic acids is 1. The first-order valence-corrected chi connectivity index (χ1v) is 7.27. The van der Waals surface area contributed by atoms with Crippen molar-refractivity contribution in [3.63, 3.8) is 0 Å². The van der Waals surface area contributed by atoms with E-state index in [2.05, 4.69) is 22.1 Å². The maximum atomic E-state index is 12.0. The Morgan fingerprint density at radius 1 is 1.43 bits per heavy atom. The highest BCUT2D eigenvalue weighted by molar-refractivity contribution is 6.03. The Hall–Kier alpha value is -1.95. The third-order valence-electron chi connectivity index (χ3n) is 3.84. The van der Waals surface area contributed by atoms with Crippen LogP contribution in [0.15, 0.2) is 18.3 Å². The van der Waals surface area contributed by atoms with Crippen LogP contribution in [-0.2, 0) is 0 Å². The number of aromatic nitrogens is 1. The maximum absolute atomic E-state index is 12.0. The molecule has 114 valence electrons. The molecule has 0 atom stereocenters. The number of nitrogens with one attached hydrogen (secondary N) is 1. The number of carboxylic acids is 1. The Morgan fingerprint density at radius 2 is 2.14 bits per heavy atom. The first-order valence-electron chi connectivity index (χ1n) is 7.27. The van der Waals surface area contributed by atoms with E-state index in [0.29, 0.717) is 6.54 Å². The van der Waals surface area contributed by atoms with Crippen molar-refractivity contribution >= 4 is 11.9 Å². The number of piperidine rings is 1. The van der Waals surface area contributed by atoms with Gasteiger partial charge in [-0.1, -0.05) is 6.92 Å². The number of rotatable bonds is 5. The van der Waals surface area contributed by atoms with Crippen molar-refractivity contribution in [3.8, 4) is 0 Å². The van der Waals surface area contributed by atoms with Crippen molar-refractivity contribution in [2.45, 2.75) is 19.8 Å². The largest absolute Gasteiger partial charge is 0.478 e. The van der Waals surface area contributed by atoms with E-state index in [9.17, 15) is 9.59 Å². The Kier molecular flexibility index (Phi) is 5.27. The highest BCUT2D eigenvalue weighted by atomic mass is 16.4. The summed E-state index contributed by atoms with van der Waals surface area (Å²) < 4.78 is 0. The Bertz CT molecular complexity index is 511. The van der Waals surface area contributed by atoms with E-state index in [1.807, 2.05) is 0 Å². The molecule has 0 aliphatic carbocycles. The molecule has 1 amide bonds. The Labute approximate surface area is 124 Å². The average molecular weight is 291 g/mol. The predicted molar refractivity (Wildman–Crippen MR) is 78.4 cm³/mol. The number of nitrogens with zero attached hydrogens (tertiary/aromatic N) is 2. The van der Waals surface area contributed by atoms with Gasteiger partial charge in [0.05, 0.1) is 5.56 Å². The second-order valence-corrected chi connectivity index (χ2v) is 5.48. The van der Waals surface area contributed by atoms with Gasteiger partial charge in [-0.2, -0.15) is 0 Å². The number of likely N-dealkylation sites (tertiary alicyclic amines) is 1. The van der Waals surface area contributed by atoms with Gasteiger partial charge >= 0.3 is 5.97 Å². The molecular formula is C15H21N3O3. The first-order chi connectivity index (χ1) is 10.1. The van der Waals surface area contributed by atoms with E-state index in [1.165, 1.54) is 31.2 Å². The molecule has 2 heterocycles. The zero-order chi connectivity index (χ0) is 15.2. The van der Waals surface area contributed by atoms with Gasteiger partial charge in [-0.15, -0.1) is 0 Å². The molecule has 6 nitrogen and oxygen atoms in total. The van der Waals surface area contributed by atoms with Gasteiger partial charge in [0.2, 0.25) is 0 Å². The van der Waals surface area contributed by atoms with E-state index in [1.54, 1.807) is 0 Å². The molecule has 0 aromatic carbocycles. The van der Waals surface area contributed by atoms with Crippen molar-refractivity contribution in [1.82, 2.24) is 15.2 Å². The minimum atomic E-state index is -1.14. The summed E-state index contributed by atoms with van der Waals surface area (Å²) in [5.41, 5.74) is -0.0981. The molecule has 1 aliphatic rings. The lowest BCUT2D eigenvalue weighted by Crippen LogP contribution is -2.39. The molecule has 1 aromatic heterocycles. The maximum Gasteiger partial charge on any atom is 0.338 e. The standard InChI is InChI=1S/C15H21N3O3/c1-11-4-8-18(9-5-11)10-7-17-14(19)13-12(15(20)21)3-2-6-16-13/h2-3,6,11H,4-5,7-10H2,1H3,(H,17,19)(H,20,21). The van der Waals surface area contributed by atoms with Gasteiger partial charge in [0, 0.05) is 19.3 Å².